The SMILES string of the molecule is C=C(Br)C[C@H](Cl)CC[C@]12O[C@@H]3[C@@H]4OC5(O[C@@H](c6ccc(OC)cc6)O[C@H]51)[C@H](O2)[C@@H]4O[C@H]1CC[C@H](CC(=O)OC)O[C@H]31. The van der Waals surface area contributed by atoms with Crippen LogP contribution in [-0.2, 0) is 42.7 Å². The van der Waals surface area contributed by atoms with Crippen molar-refractivity contribution in [3.05, 3.63) is 40.9 Å². The lowest BCUT2D eigenvalue weighted by atomic mass is 9.86. The highest BCUT2D eigenvalue weighted by Crippen LogP contribution is 2.64. The van der Waals surface area contributed by atoms with Gasteiger partial charge in [0.05, 0.1) is 32.8 Å². The second-order valence-corrected chi connectivity index (χ2v) is 13.3. The second-order valence-electron chi connectivity index (χ2n) is 11.6. The highest BCUT2D eigenvalue weighted by Gasteiger charge is 2.83. The van der Waals surface area contributed by atoms with Crippen LogP contribution in [0.15, 0.2) is 35.3 Å². The molecule has 0 aromatic heterocycles. The van der Waals surface area contributed by atoms with Gasteiger partial charge in [-0.25, -0.2) is 0 Å². The molecule has 0 N–H and O–H groups in total. The minimum atomic E-state index is -1.23. The predicted molar refractivity (Wildman–Crippen MR) is 147 cm³/mol. The number of rotatable bonds is 9. The average molecular weight is 658 g/mol. The van der Waals surface area contributed by atoms with Gasteiger partial charge in [-0.05, 0) is 42.3 Å². The van der Waals surface area contributed by atoms with Crippen LogP contribution in [0.1, 0.15) is 50.4 Å². The van der Waals surface area contributed by atoms with Gasteiger partial charge in [-0.15, -0.1) is 11.6 Å². The number of carbonyl (C=O) groups is 1. The Morgan fingerprint density at radius 3 is 2.56 bits per heavy atom. The monoisotopic (exact) mass is 656 g/mol. The van der Waals surface area contributed by atoms with Gasteiger partial charge in [0.25, 0.3) is 0 Å². The van der Waals surface area contributed by atoms with E-state index in [0.29, 0.717) is 32.1 Å². The van der Waals surface area contributed by atoms with Crippen LogP contribution in [0.25, 0.3) is 0 Å². The van der Waals surface area contributed by atoms with Gasteiger partial charge in [0.2, 0.25) is 11.6 Å². The summed E-state index contributed by atoms with van der Waals surface area (Å²) in [6, 6.07) is 7.55. The molecule has 1 unspecified atom stereocenters. The number of carbonyl (C=O) groups excluding carboxylic acids is 1. The summed E-state index contributed by atoms with van der Waals surface area (Å²) >= 11 is 10.1. The quantitative estimate of drug-likeness (QED) is 0.283. The van der Waals surface area contributed by atoms with Crippen molar-refractivity contribution in [2.24, 2.45) is 0 Å². The van der Waals surface area contributed by atoms with Crippen molar-refractivity contribution in [3.8, 4) is 5.75 Å². The van der Waals surface area contributed by atoms with Crippen molar-refractivity contribution in [2.45, 2.75) is 111 Å². The number of benzene rings is 1. The van der Waals surface area contributed by atoms with Crippen LogP contribution in [0.4, 0.5) is 0 Å². The zero-order valence-electron chi connectivity index (χ0n) is 22.9. The van der Waals surface area contributed by atoms with E-state index in [1.54, 1.807) is 7.11 Å². The molecule has 10 nitrogen and oxygen atoms in total. The third kappa shape index (κ3) is 4.67. The Bertz CT molecular complexity index is 1180. The van der Waals surface area contributed by atoms with Crippen LogP contribution in [-0.4, -0.2) is 86.0 Å². The fraction of sp³-hybridized carbons (Fsp3) is 0.690. The van der Waals surface area contributed by atoms with Crippen molar-refractivity contribution in [1.82, 2.24) is 0 Å². The number of hydrogen-bond donors (Lipinski definition) is 0. The molecule has 12 heteroatoms. The molecule has 0 radical (unpaired) electrons. The van der Waals surface area contributed by atoms with E-state index in [1.807, 2.05) is 24.3 Å². The number of alkyl halides is 1. The summed E-state index contributed by atoms with van der Waals surface area (Å²) in [5.41, 5.74) is 0.826. The van der Waals surface area contributed by atoms with Crippen LogP contribution in [0.3, 0.4) is 0 Å². The molecule has 12 atom stereocenters. The molecule has 7 aliphatic heterocycles. The van der Waals surface area contributed by atoms with E-state index in [4.69, 9.17) is 54.2 Å². The van der Waals surface area contributed by atoms with E-state index < -0.39 is 54.5 Å². The van der Waals surface area contributed by atoms with Crippen LogP contribution in [0, 0.1) is 0 Å². The fourth-order valence-electron chi connectivity index (χ4n) is 7.21. The van der Waals surface area contributed by atoms with Gasteiger partial charge in [0.15, 0.2) is 12.4 Å². The Morgan fingerprint density at radius 2 is 1.83 bits per heavy atom. The lowest BCUT2D eigenvalue weighted by molar-refractivity contribution is -0.328. The molecule has 41 heavy (non-hydrogen) atoms. The summed E-state index contributed by atoms with van der Waals surface area (Å²) in [7, 11) is 3.00. The van der Waals surface area contributed by atoms with Gasteiger partial charge >= 0.3 is 5.97 Å². The molecule has 7 aliphatic rings. The first-order chi connectivity index (χ1) is 19.7. The first-order valence-corrected chi connectivity index (χ1v) is 15.3. The summed E-state index contributed by atoms with van der Waals surface area (Å²) < 4.78 is 57.9. The minimum absolute atomic E-state index is 0.165. The molecule has 0 aliphatic carbocycles. The van der Waals surface area contributed by atoms with Gasteiger partial charge in [-0.2, -0.15) is 0 Å². The molecule has 7 heterocycles. The van der Waals surface area contributed by atoms with Crippen LogP contribution < -0.4 is 4.74 Å². The lowest BCUT2D eigenvalue weighted by Crippen LogP contribution is -2.62. The topological polar surface area (TPSA) is 100 Å². The smallest absolute Gasteiger partial charge is 0.308 e. The Hall–Kier alpha value is -1.28. The van der Waals surface area contributed by atoms with Crippen molar-refractivity contribution in [2.75, 3.05) is 14.2 Å². The number of esters is 1. The second kappa shape index (κ2) is 10.7. The van der Waals surface area contributed by atoms with Gasteiger partial charge in [-0.1, -0.05) is 34.6 Å². The summed E-state index contributed by atoms with van der Waals surface area (Å²) in [4.78, 5) is 12.0. The molecule has 1 aromatic rings. The van der Waals surface area contributed by atoms with Crippen molar-refractivity contribution in [1.29, 1.82) is 0 Å². The Balaban J connectivity index is 1.21. The number of halogens is 2. The molecule has 0 saturated carbocycles. The predicted octanol–water partition coefficient (Wildman–Crippen LogP) is 4.26. The number of allylic oxidation sites excluding steroid dienone is 1. The zero-order chi connectivity index (χ0) is 28.5. The minimum Gasteiger partial charge on any atom is -0.497 e. The zero-order valence-corrected chi connectivity index (χ0v) is 25.2. The van der Waals surface area contributed by atoms with Gasteiger partial charge in [-0.3, -0.25) is 4.79 Å². The maximum absolute atomic E-state index is 12.0. The van der Waals surface area contributed by atoms with E-state index in [-0.39, 0.29) is 30.0 Å². The van der Waals surface area contributed by atoms with E-state index in [0.717, 1.165) is 15.8 Å². The Labute approximate surface area is 251 Å². The maximum Gasteiger partial charge on any atom is 0.308 e. The van der Waals surface area contributed by atoms with Gasteiger partial charge < -0.3 is 42.6 Å². The first kappa shape index (κ1) is 28.5. The molecular formula is C29H34BrClO10. The molecule has 7 saturated heterocycles. The molecule has 224 valence electrons. The molecule has 1 spiro atoms. The summed E-state index contributed by atoms with van der Waals surface area (Å²) in [5, 5.41) is -0.198. The third-order valence-corrected chi connectivity index (χ3v) is 9.74. The highest BCUT2D eigenvalue weighted by molar-refractivity contribution is 9.11. The molecular weight excluding hydrogens is 624 g/mol. The fourth-order valence-corrected chi connectivity index (χ4v) is 8.09. The Morgan fingerprint density at radius 1 is 1.05 bits per heavy atom. The van der Waals surface area contributed by atoms with E-state index in [2.05, 4.69) is 22.5 Å². The number of ether oxygens (including phenoxy) is 9. The summed E-state index contributed by atoms with van der Waals surface area (Å²) in [5.74, 6) is -2.02. The highest BCUT2D eigenvalue weighted by atomic mass is 79.9. The molecule has 1 aromatic carbocycles. The average Bonchev–Trinajstić information content (AvgIpc) is 3.51. The number of hydrogen-bond acceptors (Lipinski definition) is 10. The van der Waals surface area contributed by atoms with Crippen molar-refractivity contribution in [3.63, 3.8) is 0 Å². The molecule has 0 amide bonds. The number of methoxy groups -OCH3 is 2. The Kier molecular flexibility index (Phi) is 7.44. The number of fused-ring (bicyclic) bond motifs is 1. The van der Waals surface area contributed by atoms with E-state index in [9.17, 15) is 4.79 Å². The van der Waals surface area contributed by atoms with E-state index >= 15 is 0 Å². The standard InChI is InChI=1S/C29H34BrClO10/c1-14(30)12-16(31)10-11-28-27-29(41-26(37-27)15-4-6-17(33-2)7-5-15)25(40-28)24-23(39-29)22(38-28)21-19(36-24)9-8-18(35-21)13-20(32)34-3/h4-7,16,18-19,21-27H,1,8-13H2,2-3H3/t16-,18-,19+,21+,22+,23+,24-,25-,26+,27+,28-,29?/m1/s1. The van der Waals surface area contributed by atoms with Crippen LogP contribution in [0.5, 0.6) is 5.75 Å². The van der Waals surface area contributed by atoms with E-state index in [1.165, 1.54) is 7.11 Å². The van der Waals surface area contributed by atoms with Gasteiger partial charge in [0.1, 0.15) is 36.3 Å². The third-order valence-electron chi connectivity index (χ3n) is 9.04. The van der Waals surface area contributed by atoms with Gasteiger partial charge in [0, 0.05) is 17.4 Å². The largest absolute Gasteiger partial charge is 0.497 e. The lowest BCUT2D eigenvalue weighted by Gasteiger charge is -2.47. The normalized spacial score (nSPS) is 44.1. The maximum atomic E-state index is 12.0. The molecule has 8 rings (SSSR count). The van der Waals surface area contributed by atoms with Crippen molar-refractivity contribution < 1.29 is 47.4 Å². The summed E-state index contributed by atoms with van der Waals surface area (Å²) in [6.07, 6.45) is -1.24. The van der Waals surface area contributed by atoms with Crippen LogP contribution >= 0.6 is 27.5 Å². The first-order valence-electron chi connectivity index (χ1n) is 14.1. The van der Waals surface area contributed by atoms with Crippen molar-refractivity contribution >= 4 is 33.5 Å². The summed E-state index contributed by atoms with van der Waals surface area (Å²) in [6.45, 7) is 3.93. The molecule has 6 bridgehead atoms. The molecule has 7 fully saturated rings. The van der Waals surface area contributed by atoms with Crippen LogP contribution in [0.2, 0.25) is 0 Å².